The molecule has 2 aliphatic carbocycles. The lowest BCUT2D eigenvalue weighted by atomic mass is 9.85. The number of allylic oxidation sites excluding steroid dienone is 2. The zero-order chi connectivity index (χ0) is 12.0. The smallest absolute Gasteiger partial charge is 0.166 e. The molecule has 1 fully saturated rings. The highest BCUT2D eigenvalue weighted by Gasteiger charge is 2.40. The molecule has 2 bridgehead atoms. The summed E-state index contributed by atoms with van der Waals surface area (Å²) in [5.74, 6) is 1.78. The monoisotopic (exact) mass is 226 g/mol. The van der Waals surface area contributed by atoms with E-state index < -0.39 is 0 Å². The van der Waals surface area contributed by atoms with Crippen LogP contribution in [0.5, 0.6) is 0 Å². The maximum atomic E-state index is 12.5. The van der Waals surface area contributed by atoms with Crippen molar-refractivity contribution >= 4 is 5.78 Å². The van der Waals surface area contributed by atoms with Crippen LogP contribution >= 0.6 is 0 Å². The first-order valence-electron chi connectivity index (χ1n) is 6.45. The molecule has 1 aromatic rings. The summed E-state index contributed by atoms with van der Waals surface area (Å²) in [5.41, 5.74) is 3.29. The molecule has 0 heterocycles. The standard InChI is InChI=1S/C16H18O/c1-10-3-6-14(11(2)7-10)16(17)15-9-12-4-5-13(15)8-12/h3-7,12-13,15H,8-9H2,1-2H3. The van der Waals surface area contributed by atoms with Gasteiger partial charge in [-0.3, -0.25) is 4.79 Å². The van der Waals surface area contributed by atoms with Crippen LogP contribution < -0.4 is 0 Å². The van der Waals surface area contributed by atoms with E-state index in [0.717, 1.165) is 17.5 Å². The summed E-state index contributed by atoms with van der Waals surface area (Å²) in [6, 6.07) is 6.16. The predicted molar refractivity (Wildman–Crippen MR) is 69.1 cm³/mol. The maximum Gasteiger partial charge on any atom is 0.166 e. The Morgan fingerprint density at radius 2 is 2.00 bits per heavy atom. The molecule has 0 N–H and O–H groups in total. The second-order valence-electron chi connectivity index (χ2n) is 5.57. The van der Waals surface area contributed by atoms with E-state index >= 15 is 0 Å². The zero-order valence-corrected chi connectivity index (χ0v) is 10.4. The van der Waals surface area contributed by atoms with Crippen molar-refractivity contribution in [1.29, 1.82) is 0 Å². The number of carbonyl (C=O) groups is 1. The third-order valence-corrected chi connectivity index (χ3v) is 4.26. The first kappa shape index (κ1) is 10.8. The summed E-state index contributed by atoms with van der Waals surface area (Å²) in [7, 11) is 0. The fourth-order valence-corrected chi connectivity index (χ4v) is 3.37. The van der Waals surface area contributed by atoms with Gasteiger partial charge in [0.05, 0.1) is 0 Å². The van der Waals surface area contributed by atoms with Crippen LogP contribution in [0.25, 0.3) is 0 Å². The van der Waals surface area contributed by atoms with Crippen molar-refractivity contribution in [2.75, 3.05) is 0 Å². The molecule has 0 spiro atoms. The molecular formula is C16H18O. The van der Waals surface area contributed by atoms with Gasteiger partial charge < -0.3 is 0 Å². The molecule has 0 radical (unpaired) electrons. The van der Waals surface area contributed by atoms with E-state index in [4.69, 9.17) is 0 Å². The Morgan fingerprint density at radius 3 is 2.59 bits per heavy atom. The molecule has 0 amide bonds. The molecule has 88 valence electrons. The van der Waals surface area contributed by atoms with E-state index in [1.165, 1.54) is 12.0 Å². The minimum atomic E-state index is 0.242. The summed E-state index contributed by atoms with van der Waals surface area (Å²) in [5, 5.41) is 0. The number of hydrogen-bond acceptors (Lipinski definition) is 1. The lowest BCUT2D eigenvalue weighted by Gasteiger charge is -2.18. The molecule has 1 nitrogen and oxygen atoms in total. The number of carbonyl (C=O) groups excluding carboxylic acids is 1. The van der Waals surface area contributed by atoms with E-state index in [-0.39, 0.29) is 5.92 Å². The predicted octanol–water partition coefficient (Wildman–Crippen LogP) is 3.70. The summed E-state index contributed by atoms with van der Waals surface area (Å²) in [6.07, 6.45) is 6.80. The Bertz CT molecular complexity index is 498. The molecule has 0 aliphatic heterocycles. The summed E-state index contributed by atoms with van der Waals surface area (Å²) >= 11 is 0. The first-order chi connectivity index (χ1) is 8.15. The Hall–Kier alpha value is -1.37. The van der Waals surface area contributed by atoms with Crippen molar-refractivity contribution in [3.05, 3.63) is 47.0 Å². The van der Waals surface area contributed by atoms with Crippen LogP contribution in [0.4, 0.5) is 0 Å². The topological polar surface area (TPSA) is 17.1 Å². The highest BCUT2D eigenvalue weighted by molar-refractivity contribution is 5.99. The number of benzene rings is 1. The number of hydrogen-bond donors (Lipinski definition) is 0. The number of rotatable bonds is 2. The SMILES string of the molecule is Cc1ccc(C(=O)C2CC3C=CC2C3)c(C)c1. The molecule has 0 saturated heterocycles. The lowest BCUT2D eigenvalue weighted by Crippen LogP contribution is -2.20. The average molecular weight is 226 g/mol. The Balaban J connectivity index is 1.89. The van der Waals surface area contributed by atoms with E-state index in [0.29, 0.717) is 17.6 Å². The van der Waals surface area contributed by atoms with Gasteiger partial charge in [0.1, 0.15) is 0 Å². The van der Waals surface area contributed by atoms with Gasteiger partial charge in [-0.15, -0.1) is 0 Å². The van der Waals surface area contributed by atoms with Gasteiger partial charge in [-0.25, -0.2) is 0 Å². The van der Waals surface area contributed by atoms with E-state index in [1.807, 2.05) is 19.1 Å². The molecule has 17 heavy (non-hydrogen) atoms. The van der Waals surface area contributed by atoms with Crippen LogP contribution in [0, 0.1) is 31.6 Å². The zero-order valence-electron chi connectivity index (χ0n) is 10.4. The van der Waals surface area contributed by atoms with Crippen LogP contribution in [-0.4, -0.2) is 5.78 Å². The maximum absolute atomic E-state index is 12.5. The molecule has 1 heteroatoms. The lowest BCUT2D eigenvalue weighted by molar-refractivity contribution is 0.0901. The third-order valence-electron chi connectivity index (χ3n) is 4.26. The molecule has 3 unspecified atom stereocenters. The van der Waals surface area contributed by atoms with Crippen LogP contribution in [-0.2, 0) is 0 Å². The van der Waals surface area contributed by atoms with Gasteiger partial charge >= 0.3 is 0 Å². The molecule has 2 aliphatic rings. The highest BCUT2D eigenvalue weighted by atomic mass is 16.1. The fourth-order valence-electron chi connectivity index (χ4n) is 3.37. The largest absolute Gasteiger partial charge is 0.294 e. The number of Topliss-reactive ketones (excluding diaryl/α,β-unsaturated/α-hetero) is 1. The van der Waals surface area contributed by atoms with Crippen molar-refractivity contribution in [3.63, 3.8) is 0 Å². The number of ketones is 1. The van der Waals surface area contributed by atoms with Gasteiger partial charge in [0.25, 0.3) is 0 Å². The highest BCUT2D eigenvalue weighted by Crippen LogP contribution is 2.44. The molecular weight excluding hydrogens is 208 g/mol. The minimum Gasteiger partial charge on any atom is -0.294 e. The molecule has 1 saturated carbocycles. The van der Waals surface area contributed by atoms with Crippen molar-refractivity contribution in [3.8, 4) is 0 Å². The van der Waals surface area contributed by atoms with E-state index in [9.17, 15) is 4.79 Å². The van der Waals surface area contributed by atoms with Crippen molar-refractivity contribution in [2.24, 2.45) is 17.8 Å². The summed E-state index contributed by atoms with van der Waals surface area (Å²) < 4.78 is 0. The van der Waals surface area contributed by atoms with Gasteiger partial charge in [-0.2, -0.15) is 0 Å². The van der Waals surface area contributed by atoms with Crippen LogP contribution in [0.15, 0.2) is 30.4 Å². The van der Waals surface area contributed by atoms with Crippen molar-refractivity contribution < 1.29 is 4.79 Å². The van der Waals surface area contributed by atoms with Gasteiger partial charge in [-0.1, -0.05) is 35.9 Å². The van der Waals surface area contributed by atoms with Crippen LogP contribution in [0.1, 0.15) is 34.3 Å². The van der Waals surface area contributed by atoms with Crippen molar-refractivity contribution in [1.82, 2.24) is 0 Å². The Labute approximate surface area is 103 Å². The van der Waals surface area contributed by atoms with E-state index in [2.05, 4.69) is 25.1 Å². The quantitative estimate of drug-likeness (QED) is 0.555. The third kappa shape index (κ3) is 1.74. The molecule has 3 rings (SSSR count). The van der Waals surface area contributed by atoms with Gasteiger partial charge in [0.2, 0.25) is 0 Å². The fraction of sp³-hybridized carbons (Fsp3) is 0.438. The van der Waals surface area contributed by atoms with Crippen LogP contribution in [0.2, 0.25) is 0 Å². The van der Waals surface area contributed by atoms with Crippen LogP contribution in [0.3, 0.4) is 0 Å². The first-order valence-corrected chi connectivity index (χ1v) is 6.45. The normalized spacial score (nSPS) is 29.9. The summed E-state index contributed by atoms with van der Waals surface area (Å²) in [4.78, 5) is 12.5. The van der Waals surface area contributed by atoms with Gasteiger partial charge in [-0.05, 0) is 44.1 Å². The second kappa shape index (κ2) is 3.83. The van der Waals surface area contributed by atoms with Gasteiger partial charge in [0.15, 0.2) is 5.78 Å². The molecule has 0 aromatic heterocycles. The number of fused-ring (bicyclic) bond motifs is 2. The molecule has 1 aromatic carbocycles. The van der Waals surface area contributed by atoms with E-state index in [1.54, 1.807) is 0 Å². The molecule has 3 atom stereocenters. The van der Waals surface area contributed by atoms with Crippen molar-refractivity contribution in [2.45, 2.75) is 26.7 Å². The Morgan fingerprint density at radius 1 is 1.18 bits per heavy atom. The Kier molecular flexibility index (Phi) is 2.43. The minimum absolute atomic E-state index is 0.242. The average Bonchev–Trinajstić information content (AvgIpc) is 2.89. The van der Waals surface area contributed by atoms with Gasteiger partial charge in [0, 0.05) is 11.5 Å². The number of aryl methyl sites for hydroxylation is 2. The second-order valence-corrected chi connectivity index (χ2v) is 5.57. The summed E-state index contributed by atoms with van der Waals surface area (Å²) in [6.45, 7) is 4.12.